The number of hydrogen-bond donors (Lipinski definition) is 0. The summed E-state index contributed by atoms with van der Waals surface area (Å²) in [6.07, 6.45) is 3.06. The average molecular weight is 147 g/mol. The highest BCUT2D eigenvalue weighted by Gasteiger charge is 2.25. The molecule has 0 spiro atoms. The molecule has 1 aliphatic rings. The lowest BCUT2D eigenvalue weighted by Crippen LogP contribution is -1.97. The van der Waals surface area contributed by atoms with Crippen LogP contribution in [0.2, 0.25) is 0 Å². The SMILES string of the molecule is C[C@@H]1Cc2ncccc2[C@@H]1C. The highest BCUT2D eigenvalue weighted by atomic mass is 14.7. The summed E-state index contributed by atoms with van der Waals surface area (Å²) in [5, 5.41) is 0. The molecule has 2 atom stereocenters. The lowest BCUT2D eigenvalue weighted by molar-refractivity contribution is 0.530. The Hall–Kier alpha value is -0.850. The molecule has 0 unspecified atom stereocenters. The predicted octanol–water partition coefficient (Wildman–Crippen LogP) is 2.38. The number of fused-ring (bicyclic) bond motifs is 1. The van der Waals surface area contributed by atoms with Crippen LogP contribution in [0.3, 0.4) is 0 Å². The van der Waals surface area contributed by atoms with Crippen molar-refractivity contribution in [2.24, 2.45) is 5.92 Å². The minimum atomic E-state index is 0.707. The second-order valence-electron chi connectivity index (χ2n) is 3.51. The number of nitrogens with zero attached hydrogens (tertiary/aromatic N) is 1. The van der Waals surface area contributed by atoms with E-state index in [-0.39, 0.29) is 0 Å². The van der Waals surface area contributed by atoms with E-state index >= 15 is 0 Å². The Labute approximate surface area is 67.5 Å². The van der Waals surface area contributed by atoms with Crippen LogP contribution in [0.5, 0.6) is 0 Å². The van der Waals surface area contributed by atoms with Crippen molar-refractivity contribution in [3.05, 3.63) is 29.6 Å². The monoisotopic (exact) mass is 147 g/mol. The Balaban J connectivity index is 2.47. The molecule has 0 N–H and O–H groups in total. The van der Waals surface area contributed by atoms with Crippen molar-refractivity contribution in [3.63, 3.8) is 0 Å². The van der Waals surface area contributed by atoms with Crippen LogP contribution in [-0.4, -0.2) is 4.98 Å². The van der Waals surface area contributed by atoms with E-state index in [1.807, 2.05) is 12.3 Å². The van der Waals surface area contributed by atoms with Crippen LogP contribution in [0.25, 0.3) is 0 Å². The fraction of sp³-hybridized carbons (Fsp3) is 0.500. The first-order valence-corrected chi connectivity index (χ1v) is 4.23. The normalized spacial score (nSPS) is 28.5. The van der Waals surface area contributed by atoms with Gasteiger partial charge in [-0.25, -0.2) is 0 Å². The fourth-order valence-corrected chi connectivity index (χ4v) is 1.82. The van der Waals surface area contributed by atoms with Gasteiger partial charge in [-0.3, -0.25) is 4.98 Å². The molecule has 0 bridgehead atoms. The maximum absolute atomic E-state index is 4.36. The van der Waals surface area contributed by atoms with E-state index in [0.29, 0.717) is 5.92 Å². The van der Waals surface area contributed by atoms with Gasteiger partial charge in [-0.15, -0.1) is 0 Å². The molecule has 1 aliphatic carbocycles. The Kier molecular flexibility index (Phi) is 1.45. The van der Waals surface area contributed by atoms with Gasteiger partial charge < -0.3 is 0 Å². The summed E-state index contributed by atoms with van der Waals surface area (Å²) in [6, 6.07) is 4.24. The highest BCUT2D eigenvalue weighted by Crippen LogP contribution is 2.35. The summed E-state index contributed by atoms with van der Waals surface area (Å²) in [5.74, 6) is 1.48. The molecule has 0 aliphatic heterocycles. The topological polar surface area (TPSA) is 12.9 Å². The van der Waals surface area contributed by atoms with Gasteiger partial charge in [0, 0.05) is 11.9 Å². The number of aromatic nitrogens is 1. The molecule has 2 rings (SSSR count). The first kappa shape index (κ1) is 6.84. The molecular weight excluding hydrogens is 134 g/mol. The smallest absolute Gasteiger partial charge is 0.0441 e. The van der Waals surface area contributed by atoms with Crippen LogP contribution in [0.15, 0.2) is 18.3 Å². The lowest BCUT2D eigenvalue weighted by atomic mass is 9.97. The predicted molar refractivity (Wildman–Crippen MR) is 45.5 cm³/mol. The molecule has 1 heteroatoms. The quantitative estimate of drug-likeness (QED) is 0.549. The van der Waals surface area contributed by atoms with Crippen LogP contribution >= 0.6 is 0 Å². The maximum atomic E-state index is 4.36. The van der Waals surface area contributed by atoms with Crippen molar-refractivity contribution in [3.8, 4) is 0 Å². The van der Waals surface area contributed by atoms with Gasteiger partial charge in [0.25, 0.3) is 0 Å². The van der Waals surface area contributed by atoms with Gasteiger partial charge in [-0.05, 0) is 29.9 Å². The third-order valence-electron chi connectivity index (χ3n) is 2.78. The van der Waals surface area contributed by atoms with E-state index in [9.17, 15) is 0 Å². The summed E-state index contributed by atoms with van der Waals surface area (Å²) >= 11 is 0. The summed E-state index contributed by atoms with van der Waals surface area (Å²) in [5.41, 5.74) is 2.77. The molecule has 1 aromatic rings. The van der Waals surface area contributed by atoms with Crippen molar-refractivity contribution < 1.29 is 0 Å². The summed E-state index contributed by atoms with van der Waals surface area (Å²) in [6.45, 7) is 4.59. The van der Waals surface area contributed by atoms with Gasteiger partial charge in [0.1, 0.15) is 0 Å². The third-order valence-corrected chi connectivity index (χ3v) is 2.78. The molecule has 0 fully saturated rings. The lowest BCUT2D eigenvalue weighted by Gasteiger charge is -2.07. The van der Waals surface area contributed by atoms with Crippen molar-refractivity contribution in [2.45, 2.75) is 26.2 Å². The zero-order valence-corrected chi connectivity index (χ0v) is 7.04. The average Bonchev–Trinajstić information content (AvgIpc) is 2.30. The van der Waals surface area contributed by atoms with Crippen LogP contribution < -0.4 is 0 Å². The number of hydrogen-bond acceptors (Lipinski definition) is 1. The van der Waals surface area contributed by atoms with Gasteiger partial charge in [-0.2, -0.15) is 0 Å². The standard InChI is InChI=1S/C10H13N/c1-7-6-10-9(8(7)2)4-3-5-11-10/h3-5,7-8H,6H2,1-2H3/t7-,8-/m1/s1. The minimum absolute atomic E-state index is 0.707. The van der Waals surface area contributed by atoms with Gasteiger partial charge in [-0.1, -0.05) is 19.9 Å². The molecule has 0 saturated carbocycles. The number of rotatable bonds is 0. The van der Waals surface area contributed by atoms with E-state index in [1.165, 1.54) is 11.3 Å². The Morgan fingerprint density at radius 1 is 1.45 bits per heavy atom. The molecule has 58 valence electrons. The second kappa shape index (κ2) is 2.33. The van der Waals surface area contributed by atoms with Crippen molar-refractivity contribution in [1.82, 2.24) is 4.98 Å². The van der Waals surface area contributed by atoms with E-state index in [1.54, 1.807) is 0 Å². The van der Waals surface area contributed by atoms with Crippen molar-refractivity contribution in [1.29, 1.82) is 0 Å². The Morgan fingerprint density at radius 2 is 2.27 bits per heavy atom. The van der Waals surface area contributed by atoms with Crippen molar-refractivity contribution in [2.75, 3.05) is 0 Å². The summed E-state index contributed by atoms with van der Waals surface area (Å²) in [4.78, 5) is 4.36. The zero-order chi connectivity index (χ0) is 7.84. The van der Waals surface area contributed by atoms with E-state index in [2.05, 4.69) is 24.9 Å². The van der Waals surface area contributed by atoms with Gasteiger partial charge >= 0.3 is 0 Å². The highest BCUT2D eigenvalue weighted by molar-refractivity contribution is 5.29. The molecule has 1 nitrogen and oxygen atoms in total. The molecular formula is C10H13N. The van der Waals surface area contributed by atoms with E-state index in [4.69, 9.17) is 0 Å². The van der Waals surface area contributed by atoms with E-state index in [0.717, 1.165) is 12.3 Å². The Morgan fingerprint density at radius 3 is 3.00 bits per heavy atom. The molecule has 1 heterocycles. The summed E-state index contributed by atoms with van der Waals surface area (Å²) in [7, 11) is 0. The molecule has 1 aromatic heterocycles. The largest absolute Gasteiger partial charge is 0.261 e. The first-order valence-electron chi connectivity index (χ1n) is 4.23. The Bertz CT molecular complexity index is 267. The van der Waals surface area contributed by atoms with Crippen LogP contribution in [0, 0.1) is 5.92 Å². The van der Waals surface area contributed by atoms with Gasteiger partial charge in [0.05, 0.1) is 0 Å². The zero-order valence-electron chi connectivity index (χ0n) is 7.04. The molecule has 0 saturated heterocycles. The van der Waals surface area contributed by atoms with Crippen molar-refractivity contribution >= 4 is 0 Å². The maximum Gasteiger partial charge on any atom is 0.0441 e. The van der Waals surface area contributed by atoms with Crippen LogP contribution in [0.4, 0.5) is 0 Å². The van der Waals surface area contributed by atoms with Gasteiger partial charge in [0.2, 0.25) is 0 Å². The third kappa shape index (κ3) is 0.953. The summed E-state index contributed by atoms with van der Waals surface area (Å²) < 4.78 is 0. The second-order valence-corrected chi connectivity index (χ2v) is 3.51. The van der Waals surface area contributed by atoms with Crippen LogP contribution in [0.1, 0.15) is 31.0 Å². The number of pyridine rings is 1. The fourth-order valence-electron chi connectivity index (χ4n) is 1.82. The minimum Gasteiger partial charge on any atom is -0.261 e. The molecule has 0 amide bonds. The van der Waals surface area contributed by atoms with Crippen LogP contribution in [-0.2, 0) is 6.42 Å². The first-order chi connectivity index (χ1) is 5.29. The molecule has 11 heavy (non-hydrogen) atoms. The molecule has 0 aromatic carbocycles. The van der Waals surface area contributed by atoms with Gasteiger partial charge in [0.15, 0.2) is 0 Å². The van der Waals surface area contributed by atoms with E-state index < -0.39 is 0 Å². The molecule has 0 radical (unpaired) electrons.